The van der Waals surface area contributed by atoms with Crippen molar-refractivity contribution in [2.75, 3.05) is 19.9 Å². The van der Waals surface area contributed by atoms with Crippen molar-refractivity contribution in [2.45, 2.75) is 50.4 Å². The van der Waals surface area contributed by atoms with E-state index in [1.807, 2.05) is 24.8 Å². The summed E-state index contributed by atoms with van der Waals surface area (Å²) in [5.41, 5.74) is 0.865. The van der Waals surface area contributed by atoms with Crippen molar-refractivity contribution in [3.05, 3.63) is 29.6 Å². The van der Waals surface area contributed by atoms with E-state index in [4.69, 9.17) is 4.74 Å². The van der Waals surface area contributed by atoms with Gasteiger partial charge in [0.05, 0.1) is 6.61 Å². The molecule has 2 N–H and O–H groups in total. The number of guanidine groups is 1. The molecule has 0 saturated heterocycles. The third-order valence-electron chi connectivity index (χ3n) is 4.28. The second-order valence-corrected chi connectivity index (χ2v) is 7.13. The van der Waals surface area contributed by atoms with Crippen LogP contribution in [0.2, 0.25) is 0 Å². The molecule has 1 aliphatic carbocycles. The molecule has 2 unspecified atom stereocenters. The highest BCUT2D eigenvalue weighted by molar-refractivity contribution is 14.0. The Hall–Kier alpha value is -0.700. The number of ether oxygens (including phenoxy) is 1. The lowest BCUT2D eigenvalue weighted by Gasteiger charge is -2.29. The normalized spacial score (nSPS) is 20.6. The van der Waals surface area contributed by atoms with E-state index in [1.165, 1.54) is 31.7 Å². The van der Waals surface area contributed by atoms with Gasteiger partial charge in [-0.3, -0.25) is 4.99 Å². The van der Waals surface area contributed by atoms with Crippen LogP contribution in [0.15, 0.2) is 23.2 Å². The van der Waals surface area contributed by atoms with Crippen LogP contribution in [0.3, 0.4) is 0 Å². The molecule has 0 heterocycles. The first kappa shape index (κ1) is 22.3. The molecule has 4 nitrogen and oxygen atoms in total. The van der Waals surface area contributed by atoms with Gasteiger partial charge in [-0.05, 0) is 50.1 Å². The number of aliphatic imine (C=N–C) groups is 1. The molecule has 1 fully saturated rings. The molecule has 0 spiro atoms. The number of benzene rings is 1. The van der Waals surface area contributed by atoms with Crippen LogP contribution in [0.4, 0.5) is 4.39 Å². The molecular weight excluding hydrogens is 452 g/mol. The summed E-state index contributed by atoms with van der Waals surface area (Å²) >= 11 is 1.95. The maximum atomic E-state index is 13.9. The zero-order chi connectivity index (χ0) is 17.4. The Labute approximate surface area is 171 Å². The number of hydrogen-bond acceptors (Lipinski definition) is 3. The fourth-order valence-corrected chi connectivity index (χ4v) is 3.82. The summed E-state index contributed by atoms with van der Waals surface area (Å²) < 4.78 is 19.1. The summed E-state index contributed by atoms with van der Waals surface area (Å²) in [7, 11) is 1.77. The predicted molar refractivity (Wildman–Crippen MR) is 116 cm³/mol. The Morgan fingerprint density at radius 3 is 2.84 bits per heavy atom. The third-order valence-corrected chi connectivity index (χ3v) is 5.37. The van der Waals surface area contributed by atoms with E-state index in [1.54, 1.807) is 13.1 Å². The lowest BCUT2D eigenvalue weighted by Crippen LogP contribution is -2.45. The number of halogens is 2. The minimum Gasteiger partial charge on any atom is -0.491 e. The molecule has 2 rings (SSSR count). The fourth-order valence-electron chi connectivity index (χ4n) is 2.99. The summed E-state index contributed by atoms with van der Waals surface area (Å²) in [6.45, 7) is 2.84. The van der Waals surface area contributed by atoms with Crippen LogP contribution in [-0.2, 0) is 6.54 Å². The van der Waals surface area contributed by atoms with Crippen LogP contribution < -0.4 is 15.4 Å². The van der Waals surface area contributed by atoms with Crippen LogP contribution in [0.25, 0.3) is 0 Å². The summed E-state index contributed by atoms with van der Waals surface area (Å²) in [4.78, 5) is 4.29. The zero-order valence-electron chi connectivity index (χ0n) is 15.2. The molecule has 0 bridgehead atoms. The molecule has 25 heavy (non-hydrogen) atoms. The monoisotopic (exact) mass is 481 g/mol. The first-order valence-corrected chi connectivity index (χ1v) is 9.86. The first-order chi connectivity index (χ1) is 11.7. The molecule has 0 amide bonds. The first-order valence-electron chi connectivity index (χ1n) is 8.57. The van der Waals surface area contributed by atoms with Gasteiger partial charge < -0.3 is 15.4 Å². The van der Waals surface area contributed by atoms with E-state index >= 15 is 0 Å². The van der Waals surface area contributed by atoms with E-state index in [2.05, 4.69) is 21.9 Å². The van der Waals surface area contributed by atoms with Crippen LogP contribution in [0.5, 0.6) is 5.75 Å². The van der Waals surface area contributed by atoms with E-state index in [-0.39, 0.29) is 29.8 Å². The molecule has 1 saturated carbocycles. The van der Waals surface area contributed by atoms with Crippen molar-refractivity contribution in [3.8, 4) is 5.75 Å². The number of hydrogen-bond donors (Lipinski definition) is 2. The van der Waals surface area contributed by atoms with Gasteiger partial charge in [0.15, 0.2) is 17.5 Å². The van der Waals surface area contributed by atoms with Crippen molar-refractivity contribution in [2.24, 2.45) is 4.99 Å². The highest BCUT2D eigenvalue weighted by Crippen LogP contribution is 2.26. The van der Waals surface area contributed by atoms with E-state index in [0.717, 1.165) is 16.8 Å². The molecule has 0 aliphatic heterocycles. The molecule has 1 aliphatic rings. The minimum atomic E-state index is -0.325. The summed E-state index contributed by atoms with van der Waals surface area (Å²) in [6.07, 6.45) is 7.08. The minimum absolute atomic E-state index is 0. The second-order valence-electron chi connectivity index (χ2n) is 5.99. The maximum absolute atomic E-state index is 13.9. The van der Waals surface area contributed by atoms with Gasteiger partial charge in [-0.2, -0.15) is 11.8 Å². The van der Waals surface area contributed by atoms with Gasteiger partial charge in [-0.15, -0.1) is 24.0 Å². The Morgan fingerprint density at radius 2 is 2.20 bits per heavy atom. The van der Waals surface area contributed by atoms with Crippen LogP contribution in [0, 0.1) is 5.82 Å². The predicted octanol–water partition coefficient (Wildman–Crippen LogP) is 4.18. The standard InChI is InChI=1S/C18H28FN3OS.HI/c1-4-23-17-9-8-13(10-16(17)19)12-21-18(20-2)22-14-6-5-7-15(11-14)24-3;/h8-10,14-15H,4-7,11-12H2,1-3H3,(H2,20,21,22);1H. The quantitative estimate of drug-likeness (QED) is 0.364. The lowest BCUT2D eigenvalue weighted by molar-refractivity contribution is 0.321. The fraction of sp³-hybridized carbons (Fsp3) is 0.611. The molecule has 0 aromatic heterocycles. The molecule has 1 aromatic carbocycles. The van der Waals surface area contributed by atoms with E-state index in [0.29, 0.717) is 24.9 Å². The largest absolute Gasteiger partial charge is 0.491 e. The second kappa shape index (κ2) is 11.8. The van der Waals surface area contributed by atoms with Crippen LogP contribution >= 0.6 is 35.7 Å². The summed E-state index contributed by atoms with van der Waals surface area (Å²) in [5.74, 6) is 0.749. The van der Waals surface area contributed by atoms with Crippen LogP contribution in [-0.4, -0.2) is 37.2 Å². The van der Waals surface area contributed by atoms with Gasteiger partial charge in [0.2, 0.25) is 0 Å². The van der Waals surface area contributed by atoms with Gasteiger partial charge in [0.25, 0.3) is 0 Å². The van der Waals surface area contributed by atoms with Gasteiger partial charge in [-0.1, -0.05) is 12.5 Å². The molecule has 0 radical (unpaired) electrons. The topological polar surface area (TPSA) is 45.6 Å². The van der Waals surface area contributed by atoms with Crippen LogP contribution in [0.1, 0.15) is 38.2 Å². The average Bonchev–Trinajstić information content (AvgIpc) is 2.61. The van der Waals surface area contributed by atoms with Gasteiger partial charge >= 0.3 is 0 Å². The zero-order valence-corrected chi connectivity index (χ0v) is 18.3. The van der Waals surface area contributed by atoms with E-state index in [9.17, 15) is 4.39 Å². The Kier molecular flexibility index (Phi) is 10.6. The maximum Gasteiger partial charge on any atom is 0.191 e. The Morgan fingerprint density at radius 1 is 1.40 bits per heavy atom. The van der Waals surface area contributed by atoms with Crippen molar-refractivity contribution in [3.63, 3.8) is 0 Å². The van der Waals surface area contributed by atoms with E-state index < -0.39 is 0 Å². The average molecular weight is 481 g/mol. The number of nitrogens with one attached hydrogen (secondary N) is 2. The lowest BCUT2D eigenvalue weighted by atomic mass is 9.95. The summed E-state index contributed by atoms with van der Waals surface area (Å²) in [6, 6.07) is 5.52. The smallest absolute Gasteiger partial charge is 0.191 e. The molecular formula is C18H29FIN3OS. The van der Waals surface area contributed by atoms with Crippen molar-refractivity contribution in [1.82, 2.24) is 10.6 Å². The highest BCUT2D eigenvalue weighted by atomic mass is 127. The summed E-state index contributed by atoms with van der Waals surface area (Å²) in [5, 5.41) is 7.49. The van der Waals surface area contributed by atoms with Crippen molar-refractivity contribution < 1.29 is 9.13 Å². The number of nitrogens with zero attached hydrogens (tertiary/aromatic N) is 1. The Bertz CT molecular complexity index is 559. The number of thioether (sulfide) groups is 1. The third kappa shape index (κ3) is 7.21. The number of rotatable bonds is 6. The molecule has 1 aromatic rings. The molecule has 142 valence electrons. The van der Waals surface area contributed by atoms with Gasteiger partial charge in [0.1, 0.15) is 0 Å². The Balaban J connectivity index is 0.00000312. The molecule has 7 heteroatoms. The highest BCUT2D eigenvalue weighted by Gasteiger charge is 2.21. The molecule has 2 atom stereocenters. The van der Waals surface area contributed by atoms with Gasteiger partial charge in [-0.25, -0.2) is 4.39 Å². The van der Waals surface area contributed by atoms with Crippen molar-refractivity contribution in [1.29, 1.82) is 0 Å². The SMILES string of the molecule is CCOc1ccc(CNC(=NC)NC2CCCC(SC)C2)cc1F.I. The van der Waals surface area contributed by atoms with Crippen molar-refractivity contribution >= 4 is 41.7 Å². The van der Waals surface area contributed by atoms with Gasteiger partial charge in [0, 0.05) is 24.9 Å².